The summed E-state index contributed by atoms with van der Waals surface area (Å²) in [5.41, 5.74) is 13.0. The van der Waals surface area contributed by atoms with Crippen molar-refractivity contribution in [1.29, 1.82) is 0 Å². The highest BCUT2D eigenvalue weighted by Crippen LogP contribution is 2.40. The van der Waals surface area contributed by atoms with Crippen molar-refractivity contribution in [2.45, 2.75) is 18.9 Å². The molecule has 1 aliphatic rings. The first-order valence-electron chi connectivity index (χ1n) is 9.56. The molecule has 1 amide bonds. The predicted octanol–water partition coefficient (Wildman–Crippen LogP) is 4.83. The number of hydrogen-bond acceptors (Lipinski definition) is 2. The summed E-state index contributed by atoms with van der Waals surface area (Å²) in [5.74, 6) is -0.123. The zero-order chi connectivity index (χ0) is 19.1. The van der Waals surface area contributed by atoms with Crippen LogP contribution in [0.25, 0.3) is 22.2 Å². The molecule has 4 nitrogen and oxygen atoms in total. The Hall–Kier alpha value is -3.53. The summed E-state index contributed by atoms with van der Waals surface area (Å²) in [6.45, 7) is 0. The second-order valence-corrected chi connectivity index (χ2v) is 7.27. The Balaban J connectivity index is 1.55. The molecule has 0 bridgehead atoms. The first-order chi connectivity index (χ1) is 13.7. The Morgan fingerprint density at radius 1 is 0.964 bits per heavy atom. The quantitative estimate of drug-likeness (QED) is 0.454. The SMILES string of the molecule is Nc1ccccc1C(=O)NC1CCc2c(-c3ccccc3)[nH]c3cccc1c23. The number of H-pyrrole nitrogens is 1. The van der Waals surface area contributed by atoms with Crippen LogP contribution in [0.2, 0.25) is 0 Å². The molecular weight excluding hydrogens is 346 g/mol. The van der Waals surface area contributed by atoms with Gasteiger partial charge >= 0.3 is 0 Å². The molecule has 0 spiro atoms. The Morgan fingerprint density at radius 2 is 1.75 bits per heavy atom. The molecular formula is C24H21N3O. The highest BCUT2D eigenvalue weighted by molar-refractivity contribution is 6.00. The molecule has 0 aliphatic heterocycles. The number of anilines is 1. The van der Waals surface area contributed by atoms with Gasteiger partial charge in [-0.2, -0.15) is 0 Å². The van der Waals surface area contributed by atoms with Gasteiger partial charge < -0.3 is 16.0 Å². The molecule has 1 unspecified atom stereocenters. The molecule has 1 aromatic heterocycles. The van der Waals surface area contributed by atoms with Crippen molar-refractivity contribution in [1.82, 2.24) is 10.3 Å². The number of hydrogen-bond donors (Lipinski definition) is 3. The lowest BCUT2D eigenvalue weighted by Gasteiger charge is -2.25. The van der Waals surface area contributed by atoms with Gasteiger partial charge in [-0.25, -0.2) is 0 Å². The van der Waals surface area contributed by atoms with Crippen LogP contribution >= 0.6 is 0 Å². The van der Waals surface area contributed by atoms with Crippen LogP contribution < -0.4 is 11.1 Å². The van der Waals surface area contributed by atoms with Crippen LogP contribution in [-0.4, -0.2) is 10.9 Å². The highest BCUT2D eigenvalue weighted by Gasteiger charge is 2.27. The van der Waals surface area contributed by atoms with E-state index in [2.05, 4.69) is 46.7 Å². The summed E-state index contributed by atoms with van der Waals surface area (Å²) >= 11 is 0. The van der Waals surface area contributed by atoms with Gasteiger partial charge in [-0.3, -0.25) is 4.79 Å². The number of rotatable bonds is 3. The number of amides is 1. The predicted molar refractivity (Wildman–Crippen MR) is 113 cm³/mol. The van der Waals surface area contributed by atoms with Crippen LogP contribution in [0.1, 0.15) is 33.9 Å². The average Bonchev–Trinajstić information content (AvgIpc) is 3.11. The van der Waals surface area contributed by atoms with E-state index in [1.165, 1.54) is 27.8 Å². The van der Waals surface area contributed by atoms with E-state index in [0.717, 1.165) is 18.4 Å². The molecule has 4 heteroatoms. The number of para-hydroxylation sites is 1. The fourth-order valence-corrected chi connectivity index (χ4v) is 4.27. The minimum atomic E-state index is -0.123. The summed E-state index contributed by atoms with van der Waals surface area (Å²) in [7, 11) is 0. The molecule has 0 saturated heterocycles. The van der Waals surface area contributed by atoms with E-state index in [1.807, 2.05) is 24.3 Å². The minimum absolute atomic E-state index is 0.0253. The normalized spacial score (nSPS) is 15.5. The van der Waals surface area contributed by atoms with E-state index in [9.17, 15) is 4.79 Å². The van der Waals surface area contributed by atoms with Gasteiger partial charge in [0.25, 0.3) is 5.91 Å². The van der Waals surface area contributed by atoms with Crippen LogP contribution in [0.15, 0.2) is 72.8 Å². The first kappa shape index (κ1) is 16.6. The van der Waals surface area contributed by atoms with Gasteiger partial charge in [0.2, 0.25) is 0 Å². The molecule has 3 aromatic carbocycles. The average molecular weight is 367 g/mol. The molecule has 4 N–H and O–H groups in total. The number of nitrogens with one attached hydrogen (secondary N) is 2. The van der Waals surface area contributed by atoms with E-state index in [-0.39, 0.29) is 11.9 Å². The van der Waals surface area contributed by atoms with Crippen molar-refractivity contribution < 1.29 is 4.79 Å². The van der Waals surface area contributed by atoms with Crippen molar-refractivity contribution in [3.05, 3.63) is 89.5 Å². The lowest BCUT2D eigenvalue weighted by Crippen LogP contribution is -2.30. The van der Waals surface area contributed by atoms with Gasteiger partial charge in [0.05, 0.1) is 11.6 Å². The summed E-state index contributed by atoms with van der Waals surface area (Å²) in [5, 5.41) is 4.43. The molecule has 1 aliphatic carbocycles. The van der Waals surface area contributed by atoms with E-state index in [4.69, 9.17) is 5.73 Å². The lowest BCUT2D eigenvalue weighted by molar-refractivity contribution is 0.0935. The first-order valence-corrected chi connectivity index (χ1v) is 9.56. The number of aromatic amines is 1. The Kier molecular flexibility index (Phi) is 3.90. The molecule has 0 saturated carbocycles. The number of aromatic nitrogens is 1. The van der Waals surface area contributed by atoms with Gasteiger partial charge in [0, 0.05) is 22.3 Å². The smallest absolute Gasteiger partial charge is 0.253 e. The zero-order valence-corrected chi connectivity index (χ0v) is 15.4. The number of nitrogen functional groups attached to an aromatic ring is 1. The minimum Gasteiger partial charge on any atom is -0.398 e. The third kappa shape index (κ3) is 2.65. The van der Waals surface area contributed by atoms with Gasteiger partial charge in [-0.05, 0) is 47.7 Å². The van der Waals surface area contributed by atoms with E-state index in [0.29, 0.717) is 11.3 Å². The van der Waals surface area contributed by atoms with Crippen LogP contribution in [-0.2, 0) is 6.42 Å². The maximum Gasteiger partial charge on any atom is 0.253 e. The fourth-order valence-electron chi connectivity index (χ4n) is 4.27. The summed E-state index contributed by atoms with van der Waals surface area (Å²) < 4.78 is 0. The number of carbonyl (C=O) groups is 1. The topological polar surface area (TPSA) is 70.9 Å². The molecule has 0 fully saturated rings. The van der Waals surface area contributed by atoms with Crippen molar-refractivity contribution in [3.63, 3.8) is 0 Å². The number of nitrogens with two attached hydrogens (primary N) is 1. The zero-order valence-electron chi connectivity index (χ0n) is 15.4. The molecule has 138 valence electrons. The second kappa shape index (κ2) is 6.57. The largest absolute Gasteiger partial charge is 0.398 e. The molecule has 1 atom stereocenters. The summed E-state index contributed by atoms with van der Waals surface area (Å²) in [6.07, 6.45) is 1.78. The van der Waals surface area contributed by atoms with Crippen LogP contribution in [0.4, 0.5) is 5.69 Å². The molecule has 28 heavy (non-hydrogen) atoms. The molecule has 4 aromatic rings. The van der Waals surface area contributed by atoms with E-state index < -0.39 is 0 Å². The fraction of sp³-hybridized carbons (Fsp3) is 0.125. The van der Waals surface area contributed by atoms with Crippen molar-refractivity contribution in [2.24, 2.45) is 0 Å². The van der Waals surface area contributed by atoms with Gasteiger partial charge in [-0.1, -0.05) is 54.6 Å². The summed E-state index contributed by atoms with van der Waals surface area (Å²) in [4.78, 5) is 16.4. The monoisotopic (exact) mass is 367 g/mol. The van der Waals surface area contributed by atoms with E-state index >= 15 is 0 Å². The van der Waals surface area contributed by atoms with Crippen molar-refractivity contribution in [3.8, 4) is 11.3 Å². The lowest BCUT2D eigenvalue weighted by atomic mass is 9.86. The van der Waals surface area contributed by atoms with Gasteiger partial charge in [-0.15, -0.1) is 0 Å². The van der Waals surface area contributed by atoms with E-state index in [1.54, 1.807) is 12.1 Å². The maximum atomic E-state index is 12.8. The number of aryl methyl sites for hydroxylation is 1. The number of benzene rings is 3. The Morgan fingerprint density at radius 3 is 2.57 bits per heavy atom. The highest BCUT2D eigenvalue weighted by atomic mass is 16.1. The standard InChI is InChI=1S/C24H21N3O/c25-19-11-5-4-9-16(19)24(28)27-20-14-13-18-22-17(20)10-6-12-21(22)26-23(18)15-7-2-1-3-8-15/h1-12,20,26H,13-14,25H2,(H,27,28). The molecule has 5 rings (SSSR count). The molecule has 1 heterocycles. The van der Waals surface area contributed by atoms with Gasteiger partial charge in [0.1, 0.15) is 0 Å². The van der Waals surface area contributed by atoms with Crippen molar-refractivity contribution in [2.75, 3.05) is 5.73 Å². The van der Waals surface area contributed by atoms with Crippen LogP contribution in [0.5, 0.6) is 0 Å². The summed E-state index contributed by atoms with van der Waals surface area (Å²) in [6, 6.07) is 23.9. The third-order valence-corrected chi connectivity index (χ3v) is 5.59. The maximum absolute atomic E-state index is 12.8. The Labute approximate surface area is 163 Å². The molecule has 0 radical (unpaired) electrons. The number of carbonyl (C=O) groups excluding carboxylic acids is 1. The van der Waals surface area contributed by atoms with Crippen LogP contribution in [0.3, 0.4) is 0 Å². The second-order valence-electron chi connectivity index (χ2n) is 7.27. The van der Waals surface area contributed by atoms with Crippen molar-refractivity contribution >= 4 is 22.5 Å². The Bertz CT molecular complexity index is 1180. The van der Waals surface area contributed by atoms with Gasteiger partial charge in [0.15, 0.2) is 0 Å². The third-order valence-electron chi connectivity index (χ3n) is 5.59. The van der Waals surface area contributed by atoms with Crippen LogP contribution in [0, 0.1) is 0 Å².